The summed E-state index contributed by atoms with van der Waals surface area (Å²) in [5.41, 5.74) is 1.42. The average Bonchev–Trinajstić information content (AvgIpc) is 3.01. The lowest BCUT2D eigenvalue weighted by Crippen LogP contribution is -2.47. The molecule has 0 spiro atoms. The molecule has 1 N–H and O–H groups in total. The zero-order chi connectivity index (χ0) is 18.8. The van der Waals surface area contributed by atoms with Crippen LogP contribution in [0, 0.1) is 5.92 Å². The first-order valence-electron chi connectivity index (χ1n) is 9.49. The van der Waals surface area contributed by atoms with Crippen molar-refractivity contribution in [3.63, 3.8) is 0 Å². The van der Waals surface area contributed by atoms with E-state index in [1.165, 1.54) is 19.5 Å². The monoisotopic (exact) mass is 380 g/mol. The van der Waals surface area contributed by atoms with Crippen molar-refractivity contribution in [3.8, 4) is 0 Å². The largest absolute Gasteiger partial charge is 0.348 e. The molecule has 2 aromatic rings. The fourth-order valence-electron chi connectivity index (χ4n) is 4.08. The molecule has 2 heterocycles. The first kappa shape index (κ1) is 18.3. The van der Waals surface area contributed by atoms with Gasteiger partial charge in [0.05, 0.1) is 0 Å². The maximum Gasteiger partial charge on any atom is 0.251 e. The number of fused-ring (bicyclic) bond motifs is 2. The zero-order valence-electron chi connectivity index (χ0n) is 15.5. The molecule has 2 aliphatic heterocycles. The number of carbonyl (C=O) groups excluding carboxylic acids is 2. The Labute approximate surface area is 164 Å². The Morgan fingerprint density at radius 1 is 1.07 bits per heavy atom. The van der Waals surface area contributed by atoms with E-state index in [0.717, 1.165) is 34.2 Å². The summed E-state index contributed by atoms with van der Waals surface area (Å²) in [5.74, 6) is 0.804. The van der Waals surface area contributed by atoms with Crippen molar-refractivity contribution < 1.29 is 9.59 Å². The van der Waals surface area contributed by atoms with E-state index < -0.39 is 0 Å². The lowest BCUT2D eigenvalue weighted by Gasteiger charge is -2.30. The number of nitrogens with one attached hydrogen (secondary N) is 1. The topological polar surface area (TPSA) is 49.4 Å². The summed E-state index contributed by atoms with van der Waals surface area (Å²) in [6, 6.07) is 15.5. The number of nitrogens with zero attached hydrogens (tertiary/aromatic N) is 1. The smallest absolute Gasteiger partial charge is 0.251 e. The normalized spacial score (nSPS) is 23.8. The zero-order valence-corrected chi connectivity index (χ0v) is 16.3. The molecule has 2 saturated heterocycles. The second-order valence-electron chi connectivity index (χ2n) is 7.50. The number of amides is 1. The molecule has 27 heavy (non-hydrogen) atoms. The van der Waals surface area contributed by atoms with E-state index >= 15 is 0 Å². The standard InChI is InChI=1S/C22H24N2O2S/c1-15(25)20-4-2-3-5-21(20)27-19-8-6-17(7-9-19)22(26)23-18-12-16-10-11-24(13-16)14-18/h2-9,16,18H,10-14H2,1H3,(H,23,26)/t16-,18+/m0/s1. The van der Waals surface area contributed by atoms with Crippen LogP contribution in [-0.2, 0) is 0 Å². The predicted octanol–water partition coefficient (Wildman–Crippen LogP) is 3.86. The summed E-state index contributed by atoms with van der Waals surface area (Å²) in [7, 11) is 0. The fraction of sp³-hybridized carbons (Fsp3) is 0.364. The second kappa shape index (κ2) is 7.87. The molecule has 2 aliphatic rings. The molecule has 2 bridgehead atoms. The van der Waals surface area contributed by atoms with Crippen LogP contribution in [0.25, 0.3) is 0 Å². The van der Waals surface area contributed by atoms with Crippen molar-refractivity contribution in [2.24, 2.45) is 5.92 Å². The Morgan fingerprint density at radius 2 is 1.85 bits per heavy atom. The summed E-state index contributed by atoms with van der Waals surface area (Å²) >= 11 is 1.55. The Kier molecular flexibility index (Phi) is 5.32. The number of ketones is 1. The predicted molar refractivity (Wildman–Crippen MR) is 107 cm³/mol. The summed E-state index contributed by atoms with van der Waals surface area (Å²) in [5, 5.41) is 3.20. The highest BCUT2D eigenvalue weighted by atomic mass is 32.2. The minimum absolute atomic E-state index is 0.00295. The van der Waals surface area contributed by atoms with E-state index in [2.05, 4.69) is 10.2 Å². The first-order chi connectivity index (χ1) is 13.1. The van der Waals surface area contributed by atoms with Crippen LogP contribution in [0.2, 0.25) is 0 Å². The number of piperidine rings is 1. The maximum absolute atomic E-state index is 12.6. The van der Waals surface area contributed by atoms with E-state index in [9.17, 15) is 9.59 Å². The molecular formula is C22H24N2O2S. The van der Waals surface area contributed by atoms with Gasteiger partial charge < -0.3 is 10.2 Å². The van der Waals surface area contributed by atoms with Crippen LogP contribution in [-0.4, -0.2) is 42.3 Å². The van der Waals surface area contributed by atoms with Crippen LogP contribution >= 0.6 is 11.8 Å². The van der Waals surface area contributed by atoms with Crippen LogP contribution in [0.4, 0.5) is 0 Å². The van der Waals surface area contributed by atoms with Gasteiger partial charge >= 0.3 is 0 Å². The number of hydrogen-bond donors (Lipinski definition) is 1. The van der Waals surface area contributed by atoms with Crippen molar-refractivity contribution in [2.75, 3.05) is 19.6 Å². The molecule has 1 unspecified atom stereocenters. The lowest BCUT2D eigenvalue weighted by molar-refractivity contribution is 0.0908. The van der Waals surface area contributed by atoms with E-state index in [1.54, 1.807) is 18.7 Å². The summed E-state index contributed by atoms with van der Waals surface area (Å²) < 4.78 is 0. The molecular weight excluding hydrogens is 356 g/mol. The Hall–Kier alpha value is -2.11. The molecule has 3 atom stereocenters. The first-order valence-corrected chi connectivity index (χ1v) is 10.3. The van der Waals surface area contributed by atoms with Gasteiger partial charge in [0.2, 0.25) is 0 Å². The minimum Gasteiger partial charge on any atom is -0.348 e. The van der Waals surface area contributed by atoms with Gasteiger partial charge in [-0.05, 0) is 62.6 Å². The van der Waals surface area contributed by atoms with Crippen molar-refractivity contribution in [1.82, 2.24) is 10.2 Å². The minimum atomic E-state index is 0.00295. The maximum atomic E-state index is 12.6. The molecule has 0 saturated carbocycles. The fourth-order valence-corrected chi connectivity index (χ4v) is 5.08. The van der Waals surface area contributed by atoms with E-state index in [4.69, 9.17) is 0 Å². The number of rotatable bonds is 5. The summed E-state index contributed by atoms with van der Waals surface area (Å²) in [4.78, 5) is 28.8. The molecule has 0 radical (unpaired) electrons. The Balaban J connectivity index is 1.40. The molecule has 1 amide bonds. The third kappa shape index (κ3) is 4.25. The highest BCUT2D eigenvalue weighted by Gasteiger charge is 2.32. The summed E-state index contributed by atoms with van der Waals surface area (Å²) in [6.45, 7) is 4.92. The van der Waals surface area contributed by atoms with Crippen molar-refractivity contribution in [1.29, 1.82) is 0 Å². The van der Waals surface area contributed by atoms with Crippen molar-refractivity contribution in [3.05, 3.63) is 59.7 Å². The van der Waals surface area contributed by atoms with Crippen LogP contribution in [0.5, 0.6) is 0 Å². The third-order valence-electron chi connectivity index (χ3n) is 5.41. The van der Waals surface area contributed by atoms with Crippen molar-refractivity contribution >= 4 is 23.5 Å². The molecule has 2 aromatic carbocycles. The van der Waals surface area contributed by atoms with Gasteiger partial charge in [0.25, 0.3) is 5.91 Å². The Morgan fingerprint density at radius 3 is 2.59 bits per heavy atom. The highest BCUT2D eigenvalue weighted by Crippen LogP contribution is 2.31. The van der Waals surface area contributed by atoms with Gasteiger partial charge in [0.1, 0.15) is 0 Å². The van der Waals surface area contributed by atoms with Crippen LogP contribution in [0.3, 0.4) is 0 Å². The van der Waals surface area contributed by atoms with Crippen molar-refractivity contribution in [2.45, 2.75) is 35.6 Å². The van der Waals surface area contributed by atoms with Gasteiger partial charge in [-0.15, -0.1) is 0 Å². The molecule has 5 heteroatoms. The lowest BCUT2D eigenvalue weighted by atomic mass is 9.96. The number of Topliss-reactive ketones (excluding diaryl/α,β-unsaturated/α-hetero) is 1. The van der Waals surface area contributed by atoms with Gasteiger partial charge in [-0.3, -0.25) is 9.59 Å². The second-order valence-corrected chi connectivity index (χ2v) is 8.61. The molecule has 2 fully saturated rings. The molecule has 4 nitrogen and oxygen atoms in total. The molecule has 0 aromatic heterocycles. The van der Waals surface area contributed by atoms with Gasteiger partial charge in [-0.2, -0.15) is 0 Å². The van der Waals surface area contributed by atoms with E-state index in [0.29, 0.717) is 5.56 Å². The van der Waals surface area contributed by atoms with Gasteiger partial charge in [-0.25, -0.2) is 0 Å². The SMILES string of the molecule is CC(=O)c1ccccc1Sc1ccc(C(=O)N[C@@H]2C[C@@H]3CCN(C3)C2)cc1. The van der Waals surface area contributed by atoms with Crippen LogP contribution < -0.4 is 5.32 Å². The molecule has 4 rings (SSSR count). The average molecular weight is 381 g/mol. The third-order valence-corrected chi connectivity index (χ3v) is 6.50. The quantitative estimate of drug-likeness (QED) is 0.800. The molecule has 140 valence electrons. The van der Waals surface area contributed by atoms with Gasteiger partial charge in [-0.1, -0.05) is 30.0 Å². The molecule has 0 aliphatic carbocycles. The van der Waals surface area contributed by atoms with E-state index in [1.807, 2.05) is 48.5 Å². The number of hydrogen-bond acceptors (Lipinski definition) is 4. The van der Waals surface area contributed by atoms with Gasteiger partial charge in [0, 0.05) is 40.0 Å². The van der Waals surface area contributed by atoms with Crippen LogP contribution in [0.15, 0.2) is 58.3 Å². The van der Waals surface area contributed by atoms with Gasteiger partial charge in [0.15, 0.2) is 5.78 Å². The Bertz CT molecular complexity index is 838. The number of benzene rings is 2. The number of carbonyl (C=O) groups is 2. The summed E-state index contributed by atoms with van der Waals surface area (Å²) in [6.07, 6.45) is 2.36. The highest BCUT2D eigenvalue weighted by molar-refractivity contribution is 7.99. The van der Waals surface area contributed by atoms with E-state index in [-0.39, 0.29) is 17.7 Å². The van der Waals surface area contributed by atoms with Crippen LogP contribution in [0.1, 0.15) is 40.5 Å².